The number of anilines is 1. The first-order chi connectivity index (χ1) is 11.6. The Morgan fingerprint density at radius 1 is 1.21 bits per heavy atom. The summed E-state index contributed by atoms with van der Waals surface area (Å²) in [6.45, 7) is 3.30. The van der Waals surface area contributed by atoms with Crippen LogP contribution in [0.4, 0.5) is 5.69 Å². The molecule has 2 N–H and O–H groups in total. The maximum atomic E-state index is 13.0. The molecule has 0 saturated carbocycles. The van der Waals surface area contributed by atoms with Crippen LogP contribution in [0.15, 0.2) is 48.7 Å². The molecular formula is C19H23N3O2. The number of amides is 1. The molecule has 1 aromatic carbocycles. The van der Waals surface area contributed by atoms with Crippen molar-refractivity contribution in [1.82, 2.24) is 9.88 Å². The number of rotatable bonds is 4. The van der Waals surface area contributed by atoms with E-state index in [0.717, 1.165) is 16.9 Å². The van der Waals surface area contributed by atoms with Crippen LogP contribution in [-0.4, -0.2) is 40.1 Å². The molecule has 0 radical (unpaired) electrons. The summed E-state index contributed by atoms with van der Waals surface area (Å²) >= 11 is 0. The third-order valence-corrected chi connectivity index (χ3v) is 4.49. The topological polar surface area (TPSA) is 65.5 Å². The summed E-state index contributed by atoms with van der Waals surface area (Å²) in [7, 11) is 0. The van der Waals surface area contributed by atoms with Crippen LogP contribution in [0.2, 0.25) is 0 Å². The summed E-state index contributed by atoms with van der Waals surface area (Å²) in [6.07, 6.45) is 2.85. The van der Waals surface area contributed by atoms with Crippen LogP contribution in [0.25, 0.3) is 0 Å². The van der Waals surface area contributed by atoms with E-state index in [1.165, 1.54) is 0 Å². The number of nitrogens with zero attached hydrogens (tertiary/aromatic N) is 2. The number of carbonyl (C=O) groups is 1. The van der Waals surface area contributed by atoms with Crippen LogP contribution in [0.1, 0.15) is 30.1 Å². The second kappa shape index (κ2) is 7.55. The number of aliphatic hydroxyl groups is 1. The molecule has 3 rings (SSSR count). The standard InChI is InChI=1S/C19H23N3O2/c1-14-17(8-5-11-20-14)21-19(24)18(15-6-3-2-4-7-15)22-12-9-16(23)10-13-22/h2-8,11,16,18,23H,9-10,12-13H2,1H3,(H,21,24)/t18-/m1/s1. The Morgan fingerprint density at radius 2 is 1.92 bits per heavy atom. The Kier molecular flexibility index (Phi) is 5.23. The molecule has 24 heavy (non-hydrogen) atoms. The van der Waals surface area contributed by atoms with E-state index in [1.54, 1.807) is 6.20 Å². The Labute approximate surface area is 142 Å². The zero-order valence-corrected chi connectivity index (χ0v) is 13.9. The first kappa shape index (κ1) is 16.6. The first-order valence-electron chi connectivity index (χ1n) is 8.34. The van der Waals surface area contributed by atoms with Crippen molar-refractivity contribution in [3.8, 4) is 0 Å². The molecule has 126 valence electrons. The number of likely N-dealkylation sites (tertiary alicyclic amines) is 1. The molecule has 5 nitrogen and oxygen atoms in total. The van der Waals surface area contributed by atoms with Gasteiger partial charge < -0.3 is 10.4 Å². The fourth-order valence-corrected chi connectivity index (χ4v) is 3.12. The molecule has 5 heteroatoms. The highest BCUT2D eigenvalue weighted by Crippen LogP contribution is 2.26. The quantitative estimate of drug-likeness (QED) is 0.906. The predicted octanol–water partition coefficient (Wildman–Crippen LogP) is 2.53. The zero-order chi connectivity index (χ0) is 16.9. The van der Waals surface area contributed by atoms with Crippen molar-refractivity contribution in [2.24, 2.45) is 0 Å². The molecule has 2 aromatic rings. The highest BCUT2D eigenvalue weighted by molar-refractivity contribution is 5.96. The summed E-state index contributed by atoms with van der Waals surface area (Å²) in [5.74, 6) is -0.0614. The molecule has 1 fully saturated rings. The van der Waals surface area contributed by atoms with E-state index < -0.39 is 0 Å². The van der Waals surface area contributed by atoms with Crippen LogP contribution >= 0.6 is 0 Å². The van der Waals surface area contributed by atoms with Crippen molar-refractivity contribution in [2.45, 2.75) is 31.9 Å². The molecule has 0 spiro atoms. The number of hydrogen-bond donors (Lipinski definition) is 2. The van der Waals surface area contributed by atoms with Crippen molar-refractivity contribution in [2.75, 3.05) is 18.4 Å². The van der Waals surface area contributed by atoms with Crippen molar-refractivity contribution in [3.63, 3.8) is 0 Å². The summed E-state index contributed by atoms with van der Waals surface area (Å²) in [5, 5.41) is 12.8. The summed E-state index contributed by atoms with van der Waals surface area (Å²) in [6, 6.07) is 13.1. The Balaban J connectivity index is 1.84. The van der Waals surface area contributed by atoms with Crippen molar-refractivity contribution in [3.05, 3.63) is 59.9 Å². The van der Waals surface area contributed by atoms with Gasteiger partial charge >= 0.3 is 0 Å². The van der Waals surface area contributed by atoms with Gasteiger partial charge in [-0.05, 0) is 37.5 Å². The minimum atomic E-state index is -0.363. The SMILES string of the molecule is Cc1ncccc1NC(=O)[C@@H](c1ccccc1)N1CCC(O)CC1. The number of nitrogens with one attached hydrogen (secondary N) is 1. The lowest BCUT2D eigenvalue weighted by Crippen LogP contribution is -2.43. The van der Waals surface area contributed by atoms with E-state index in [1.807, 2.05) is 49.4 Å². The average Bonchev–Trinajstić information content (AvgIpc) is 2.60. The number of benzene rings is 1. The van der Waals surface area contributed by atoms with Crippen LogP contribution < -0.4 is 5.32 Å². The lowest BCUT2D eigenvalue weighted by molar-refractivity contribution is -0.122. The number of hydrogen-bond acceptors (Lipinski definition) is 4. The molecule has 0 unspecified atom stereocenters. The minimum absolute atomic E-state index is 0.0614. The van der Waals surface area contributed by atoms with Gasteiger partial charge in [-0.1, -0.05) is 30.3 Å². The van der Waals surface area contributed by atoms with Crippen LogP contribution in [0.5, 0.6) is 0 Å². The molecule has 1 atom stereocenters. The van der Waals surface area contributed by atoms with Gasteiger partial charge in [-0.3, -0.25) is 14.7 Å². The Hall–Kier alpha value is -2.24. The van der Waals surface area contributed by atoms with E-state index in [4.69, 9.17) is 0 Å². The molecule has 1 aliphatic rings. The van der Waals surface area contributed by atoms with Gasteiger partial charge in [-0.25, -0.2) is 0 Å². The average molecular weight is 325 g/mol. The largest absolute Gasteiger partial charge is 0.393 e. The van der Waals surface area contributed by atoms with Gasteiger partial charge in [0.2, 0.25) is 5.91 Å². The fraction of sp³-hybridized carbons (Fsp3) is 0.368. The van der Waals surface area contributed by atoms with Gasteiger partial charge in [0.1, 0.15) is 6.04 Å². The van der Waals surface area contributed by atoms with Gasteiger partial charge in [0.15, 0.2) is 0 Å². The molecule has 1 saturated heterocycles. The number of aryl methyl sites for hydroxylation is 1. The number of carbonyl (C=O) groups excluding carboxylic acids is 1. The molecule has 1 aliphatic heterocycles. The summed E-state index contributed by atoms with van der Waals surface area (Å²) in [4.78, 5) is 19.4. The number of aliphatic hydroxyl groups excluding tert-OH is 1. The highest BCUT2D eigenvalue weighted by Gasteiger charge is 2.30. The maximum absolute atomic E-state index is 13.0. The van der Waals surface area contributed by atoms with Gasteiger partial charge in [-0.2, -0.15) is 0 Å². The normalized spacial score (nSPS) is 17.4. The second-order valence-electron chi connectivity index (χ2n) is 6.21. The zero-order valence-electron chi connectivity index (χ0n) is 13.9. The van der Waals surface area contributed by atoms with E-state index in [2.05, 4.69) is 15.2 Å². The molecule has 0 bridgehead atoms. The van der Waals surface area contributed by atoms with Crippen LogP contribution in [0.3, 0.4) is 0 Å². The summed E-state index contributed by atoms with van der Waals surface area (Å²) < 4.78 is 0. The van der Waals surface area contributed by atoms with Crippen LogP contribution in [0, 0.1) is 6.92 Å². The van der Waals surface area contributed by atoms with Crippen molar-refractivity contribution < 1.29 is 9.90 Å². The van der Waals surface area contributed by atoms with Gasteiger partial charge in [0, 0.05) is 19.3 Å². The van der Waals surface area contributed by atoms with Crippen LogP contribution in [-0.2, 0) is 4.79 Å². The monoisotopic (exact) mass is 325 g/mol. The van der Waals surface area contributed by atoms with Crippen molar-refractivity contribution >= 4 is 11.6 Å². The number of piperidine rings is 1. The molecule has 0 aliphatic carbocycles. The third kappa shape index (κ3) is 3.80. The van der Waals surface area contributed by atoms with E-state index in [0.29, 0.717) is 25.9 Å². The van der Waals surface area contributed by atoms with E-state index in [9.17, 15) is 9.90 Å². The van der Waals surface area contributed by atoms with Gasteiger partial charge in [0.25, 0.3) is 0 Å². The molecule has 1 amide bonds. The number of pyridine rings is 1. The van der Waals surface area contributed by atoms with E-state index >= 15 is 0 Å². The smallest absolute Gasteiger partial charge is 0.246 e. The summed E-state index contributed by atoms with van der Waals surface area (Å²) in [5.41, 5.74) is 2.50. The second-order valence-corrected chi connectivity index (χ2v) is 6.21. The Morgan fingerprint density at radius 3 is 2.58 bits per heavy atom. The predicted molar refractivity (Wildman–Crippen MR) is 93.6 cm³/mol. The maximum Gasteiger partial charge on any atom is 0.246 e. The lowest BCUT2D eigenvalue weighted by atomic mass is 9.99. The fourth-order valence-electron chi connectivity index (χ4n) is 3.12. The first-order valence-corrected chi connectivity index (χ1v) is 8.34. The molecule has 2 heterocycles. The number of aromatic nitrogens is 1. The van der Waals surface area contributed by atoms with Crippen molar-refractivity contribution in [1.29, 1.82) is 0 Å². The third-order valence-electron chi connectivity index (χ3n) is 4.49. The molecular weight excluding hydrogens is 302 g/mol. The van der Waals surface area contributed by atoms with Gasteiger partial charge in [-0.15, -0.1) is 0 Å². The minimum Gasteiger partial charge on any atom is -0.393 e. The molecule has 1 aromatic heterocycles. The highest BCUT2D eigenvalue weighted by atomic mass is 16.3. The van der Waals surface area contributed by atoms with Gasteiger partial charge in [0.05, 0.1) is 17.5 Å². The van der Waals surface area contributed by atoms with E-state index in [-0.39, 0.29) is 18.1 Å². The Bertz CT molecular complexity index is 682. The lowest BCUT2D eigenvalue weighted by Gasteiger charge is -2.35.